The van der Waals surface area contributed by atoms with E-state index in [0.717, 1.165) is 17.8 Å². The molecule has 3 aliphatic rings. The number of amides is 2. The minimum atomic E-state index is -0.255. The Balaban J connectivity index is 1.34. The lowest BCUT2D eigenvalue weighted by atomic mass is 9.90. The van der Waals surface area contributed by atoms with E-state index in [2.05, 4.69) is 15.5 Å². The molecule has 2 heterocycles. The zero-order chi connectivity index (χ0) is 17.2. The molecule has 2 saturated carbocycles. The molecule has 1 saturated heterocycles. The van der Waals surface area contributed by atoms with Crippen LogP contribution in [0.25, 0.3) is 0 Å². The van der Waals surface area contributed by atoms with Crippen LogP contribution in [0.15, 0.2) is 0 Å². The number of nitrogens with zero attached hydrogens (tertiary/aromatic N) is 3. The SMILES string of the molecule is O=C(Nc1nnc(C2CCCCC2)s1)[C@@H]1CC(=O)N(C2CCCC2)C1. The van der Waals surface area contributed by atoms with Gasteiger partial charge in [-0.25, -0.2) is 0 Å². The second-order valence-corrected chi connectivity index (χ2v) is 8.66. The van der Waals surface area contributed by atoms with E-state index in [1.54, 1.807) is 0 Å². The Bertz CT molecular complexity index is 635. The molecular weight excluding hydrogens is 336 g/mol. The van der Waals surface area contributed by atoms with Crippen molar-refractivity contribution in [2.75, 3.05) is 11.9 Å². The fourth-order valence-corrected chi connectivity index (χ4v) is 5.40. The standard InChI is InChI=1S/C18H26N4O2S/c23-15-10-13(11-22(15)14-8-4-5-9-14)16(24)19-18-21-20-17(25-18)12-6-2-1-3-7-12/h12-14H,1-11H2,(H,19,21,24)/t13-/m1/s1. The van der Waals surface area contributed by atoms with Gasteiger partial charge in [0.25, 0.3) is 0 Å². The first kappa shape index (κ1) is 16.9. The maximum absolute atomic E-state index is 12.6. The van der Waals surface area contributed by atoms with E-state index in [9.17, 15) is 9.59 Å². The van der Waals surface area contributed by atoms with Crippen molar-refractivity contribution < 1.29 is 9.59 Å². The summed E-state index contributed by atoms with van der Waals surface area (Å²) in [6.45, 7) is 0.559. The van der Waals surface area contributed by atoms with Crippen LogP contribution in [-0.4, -0.2) is 39.5 Å². The molecule has 1 atom stereocenters. The van der Waals surface area contributed by atoms with Gasteiger partial charge in [0.1, 0.15) is 5.01 Å². The van der Waals surface area contributed by atoms with Crippen molar-refractivity contribution in [3.63, 3.8) is 0 Å². The number of carbonyl (C=O) groups is 2. The van der Waals surface area contributed by atoms with Crippen LogP contribution in [0.1, 0.15) is 75.1 Å². The fraction of sp³-hybridized carbons (Fsp3) is 0.778. The summed E-state index contributed by atoms with van der Waals surface area (Å²) < 4.78 is 0. The number of hydrogen-bond acceptors (Lipinski definition) is 5. The summed E-state index contributed by atoms with van der Waals surface area (Å²) in [4.78, 5) is 26.8. The van der Waals surface area contributed by atoms with Gasteiger partial charge in [0.2, 0.25) is 16.9 Å². The maximum atomic E-state index is 12.6. The Kier molecular flexibility index (Phi) is 5.01. The molecular formula is C18H26N4O2S. The summed E-state index contributed by atoms with van der Waals surface area (Å²) >= 11 is 1.50. The Morgan fingerprint density at radius 2 is 1.76 bits per heavy atom. The third-order valence-electron chi connectivity index (χ3n) is 5.92. The number of hydrogen-bond donors (Lipinski definition) is 1. The molecule has 2 amide bonds. The van der Waals surface area contributed by atoms with Gasteiger partial charge in [0, 0.05) is 24.9 Å². The van der Waals surface area contributed by atoms with Gasteiger partial charge in [-0.3, -0.25) is 9.59 Å². The number of aromatic nitrogens is 2. The van der Waals surface area contributed by atoms with Gasteiger partial charge in [-0.1, -0.05) is 43.4 Å². The fourth-order valence-electron chi connectivity index (χ4n) is 4.48. The van der Waals surface area contributed by atoms with Gasteiger partial charge < -0.3 is 10.2 Å². The molecule has 1 aromatic rings. The van der Waals surface area contributed by atoms with E-state index in [1.807, 2.05) is 4.90 Å². The molecule has 1 N–H and O–H groups in total. The second-order valence-electron chi connectivity index (χ2n) is 7.66. The third kappa shape index (κ3) is 3.71. The van der Waals surface area contributed by atoms with Crippen LogP contribution < -0.4 is 5.32 Å². The summed E-state index contributed by atoms with van der Waals surface area (Å²) in [7, 11) is 0. The zero-order valence-electron chi connectivity index (χ0n) is 14.6. The van der Waals surface area contributed by atoms with Gasteiger partial charge in [-0.15, -0.1) is 10.2 Å². The lowest BCUT2D eigenvalue weighted by Crippen LogP contribution is -2.35. The zero-order valence-corrected chi connectivity index (χ0v) is 15.4. The Morgan fingerprint density at radius 1 is 1.04 bits per heavy atom. The summed E-state index contributed by atoms with van der Waals surface area (Å²) in [5.74, 6) is 0.297. The summed E-state index contributed by atoms with van der Waals surface area (Å²) in [5.41, 5.74) is 0. The van der Waals surface area contributed by atoms with Crippen LogP contribution in [-0.2, 0) is 9.59 Å². The number of carbonyl (C=O) groups excluding carboxylic acids is 2. The molecule has 136 valence electrons. The number of likely N-dealkylation sites (tertiary alicyclic amines) is 1. The summed E-state index contributed by atoms with van der Waals surface area (Å²) in [6, 6.07) is 0.352. The van der Waals surface area contributed by atoms with Crippen molar-refractivity contribution in [1.29, 1.82) is 0 Å². The van der Waals surface area contributed by atoms with Gasteiger partial charge >= 0.3 is 0 Å². The van der Waals surface area contributed by atoms with Crippen LogP contribution in [0.5, 0.6) is 0 Å². The average Bonchev–Trinajstić information content (AvgIpc) is 3.35. The molecule has 0 aromatic carbocycles. The average molecular weight is 362 g/mol. The van der Waals surface area contributed by atoms with Crippen LogP contribution in [0.2, 0.25) is 0 Å². The predicted octanol–water partition coefficient (Wildman–Crippen LogP) is 3.32. The normalized spacial score (nSPS) is 25.7. The van der Waals surface area contributed by atoms with Crippen molar-refractivity contribution in [1.82, 2.24) is 15.1 Å². The second kappa shape index (κ2) is 7.40. The molecule has 25 heavy (non-hydrogen) atoms. The first-order valence-electron chi connectivity index (χ1n) is 9.64. The molecule has 1 aliphatic heterocycles. The molecule has 2 aliphatic carbocycles. The van der Waals surface area contributed by atoms with Crippen LogP contribution >= 0.6 is 11.3 Å². The predicted molar refractivity (Wildman–Crippen MR) is 96.4 cm³/mol. The lowest BCUT2D eigenvalue weighted by Gasteiger charge is -2.23. The van der Waals surface area contributed by atoms with E-state index in [0.29, 0.717) is 30.1 Å². The Labute approximate surface area is 152 Å². The highest BCUT2D eigenvalue weighted by Crippen LogP contribution is 2.35. The van der Waals surface area contributed by atoms with E-state index in [1.165, 1.54) is 56.3 Å². The summed E-state index contributed by atoms with van der Waals surface area (Å²) in [6.07, 6.45) is 11.1. The largest absolute Gasteiger partial charge is 0.339 e. The first-order valence-corrected chi connectivity index (χ1v) is 10.5. The molecule has 4 rings (SSSR count). The highest BCUT2D eigenvalue weighted by Gasteiger charge is 2.38. The maximum Gasteiger partial charge on any atom is 0.231 e. The minimum Gasteiger partial charge on any atom is -0.339 e. The van der Waals surface area contributed by atoms with Crippen LogP contribution in [0.4, 0.5) is 5.13 Å². The van der Waals surface area contributed by atoms with Gasteiger partial charge in [-0.05, 0) is 25.7 Å². The molecule has 0 unspecified atom stereocenters. The van der Waals surface area contributed by atoms with Gasteiger partial charge in [0.15, 0.2) is 0 Å². The first-order chi connectivity index (χ1) is 12.2. The number of anilines is 1. The molecule has 0 bridgehead atoms. The van der Waals surface area contributed by atoms with Crippen molar-refractivity contribution in [3.8, 4) is 0 Å². The monoisotopic (exact) mass is 362 g/mol. The van der Waals surface area contributed by atoms with Crippen LogP contribution in [0, 0.1) is 5.92 Å². The molecule has 6 nitrogen and oxygen atoms in total. The molecule has 3 fully saturated rings. The third-order valence-corrected chi connectivity index (χ3v) is 6.92. The topological polar surface area (TPSA) is 75.2 Å². The lowest BCUT2D eigenvalue weighted by molar-refractivity contribution is -0.129. The Morgan fingerprint density at radius 3 is 2.52 bits per heavy atom. The van der Waals surface area contributed by atoms with E-state index < -0.39 is 0 Å². The minimum absolute atomic E-state index is 0.0832. The van der Waals surface area contributed by atoms with Crippen molar-refractivity contribution in [2.24, 2.45) is 5.92 Å². The van der Waals surface area contributed by atoms with E-state index >= 15 is 0 Å². The Hall–Kier alpha value is -1.50. The smallest absolute Gasteiger partial charge is 0.231 e. The van der Waals surface area contributed by atoms with Gasteiger partial charge in [0.05, 0.1) is 5.92 Å². The molecule has 7 heteroatoms. The number of rotatable bonds is 4. The quantitative estimate of drug-likeness (QED) is 0.891. The van der Waals surface area contributed by atoms with E-state index in [-0.39, 0.29) is 17.7 Å². The highest BCUT2D eigenvalue weighted by atomic mass is 32.1. The van der Waals surface area contributed by atoms with Crippen molar-refractivity contribution >= 4 is 28.3 Å². The number of nitrogens with one attached hydrogen (secondary N) is 1. The van der Waals surface area contributed by atoms with Crippen molar-refractivity contribution in [3.05, 3.63) is 5.01 Å². The van der Waals surface area contributed by atoms with Crippen molar-refractivity contribution in [2.45, 2.75) is 76.2 Å². The molecule has 1 aromatic heterocycles. The van der Waals surface area contributed by atoms with Gasteiger partial charge in [-0.2, -0.15) is 0 Å². The van der Waals surface area contributed by atoms with Crippen LogP contribution in [0.3, 0.4) is 0 Å². The molecule has 0 spiro atoms. The van der Waals surface area contributed by atoms with E-state index in [4.69, 9.17) is 0 Å². The molecule has 0 radical (unpaired) electrons. The summed E-state index contributed by atoms with van der Waals surface area (Å²) in [5, 5.41) is 13.0. The highest BCUT2D eigenvalue weighted by molar-refractivity contribution is 7.15.